The number of nitrogens with two attached hydrogens (primary N) is 1. The molecule has 2 heterocycles. The van der Waals surface area contributed by atoms with Gasteiger partial charge in [0.05, 0.1) is 24.0 Å². The van der Waals surface area contributed by atoms with Crippen molar-refractivity contribution in [3.05, 3.63) is 76.0 Å². The first-order valence-electron chi connectivity index (χ1n) is 12.8. The molecular formula is C27H33BrN6O3. The van der Waals surface area contributed by atoms with Crippen molar-refractivity contribution < 1.29 is 14.6 Å². The number of hydrogen-bond acceptors (Lipinski definition) is 7. The van der Waals surface area contributed by atoms with Crippen LogP contribution in [0.25, 0.3) is 0 Å². The van der Waals surface area contributed by atoms with Gasteiger partial charge in [0, 0.05) is 35.6 Å². The normalized spacial score (nSPS) is 19.4. The number of aromatic nitrogens is 3. The van der Waals surface area contributed by atoms with Crippen molar-refractivity contribution in [1.82, 2.24) is 25.6 Å². The van der Waals surface area contributed by atoms with Crippen molar-refractivity contribution >= 4 is 21.8 Å². The van der Waals surface area contributed by atoms with Crippen LogP contribution in [0.4, 0.5) is 0 Å². The number of aliphatic hydroxyl groups is 1. The number of amides is 1. The lowest BCUT2D eigenvalue weighted by Crippen LogP contribution is -2.52. The minimum absolute atomic E-state index is 0.00231. The van der Waals surface area contributed by atoms with E-state index in [0.29, 0.717) is 18.7 Å². The number of fused-ring (bicyclic) bond motifs is 1. The maximum atomic E-state index is 12.9. The lowest BCUT2D eigenvalue weighted by atomic mass is 9.73. The van der Waals surface area contributed by atoms with E-state index < -0.39 is 12.1 Å². The van der Waals surface area contributed by atoms with Gasteiger partial charge in [-0.3, -0.25) is 4.79 Å². The number of nitrogens with zero attached hydrogens (tertiary/aromatic N) is 3. The minimum atomic E-state index is -0.810. The molecular weight excluding hydrogens is 536 g/mol. The van der Waals surface area contributed by atoms with Gasteiger partial charge in [-0.15, -0.1) is 5.10 Å². The summed E-state index contributed by atoms with van der Waals surface area (Å²) in [4.78, 5) is 12.9. The summed E-state index contributed by atoms with van der Waals surface area (Å²) in [5, 5.41) is 25.8. The van der Waals surface area contributed by atoms with E-state index in [9.17, 15) is 9.90 Å². The summed E-state index contributed by atoms with van der Waals surface area (Å²) < 4.78 is 8.84. The van der Waals surface area contributed by atoms with Gasteiger partial charge in [0.2, 0.25) is 5.91 Å². The molecule has 1 spiro atoms. The first-order valence-corrected chi connectivity index (χ1v) is 13.5. The summed E-state index contributed by atoms with van der Waals surface area (Å²) in [7, 11) is 0. The molecule has 1 aliphatic carbocycles. The van der Waals surface area contributed by atoms with Crippen LogP contribution in [0.15, 0.2) is 59.2 Å². The average molecular weight is 570 g/mol. The Kier molecular flexibility index (Phi) is 7.89. The highest BCUT2D eigenvalue weighted by atomic mass is 79.9. The van der Waals surface area contributed by atoms with Crippen molar-refractivity contribution in [2.24, 2.45) is 5.73 Å². The highest BCUT2D eigenvalue weighted by Gasteiger charge is 2.45. The fourth-order valence-corrected chi connectivity index (χ4v) is 5.55. The van der Waals surface area contributed by atoms with Gasteiger partial charge in [0.1, 0.15) is 17.9 Å². The topological polar surface area (TPSA) is 127 Å². The molecule has 0 bridgehead atoms. The number of carbonyl (C=O) groups excluding carboxylic acids is 1. The third kappa shape index (κ3) is 6.20. The molecule has 2 aromatic carbocycles. The summed E-state index contributed by atoms with van der Waals surface area (Å²) in [5.74, 6) is 0.655. The van der Waals surface area contributed by atoms with Gasteiger partial charge in [-0.05, 0) is 49.4 Å². The molecule has 0 radical (unpaired) electrons. The summed E-state index contributed by atoms with van der Waals surface area (Å²) in [6.07, 6.45) is 5.46. The number of carbonyl (C=O) groups is 1. The monoisotopic (exact) mass is 568 g/mol. The second-order valence-electron chi connectivity index (χ2n) is 10.0. The Bertz CT molecular complexity index is 1220. The van der Waals surface area contributed by atoms with Crippen LogP contribution < -0.4 is 21.1 Å². The number of nitrogens with one attached hydrogen (secondary N) is 2. The van der Waals surface area contributed by atoms with Crippen LogP contribution >= 0.6 is 15.9 Å². The Balaban J connectivity index is 1.28. The highest BCUT2D eigenvalue weighted by Crippen LogP contribution is 2.49. The average Bonchev–Trinajstić information content (AvgIpc) is 3.33. The van der Waals surface area contributed by atoms with Gasteiger partial charge in [-0.1, -0.05) is 51.5 Å². The zero-order valence-corrected chi connectivity index (χ0v) is 22.2. The summed E-state index contributed by atoms with van der Waals surface area (Å²) in [6.45, 7) is 0.587. The van der Waals surface area contributed by atoms with E-state index in [2.05, 4.69) is 42.9 Å². The smallest absolute Gasteiger partial charge is 0.242 e. The summed E-state index contributed by atoms with van der Waals surface area (Å²) in [5.41, 5.74) is 8.21. The molecule has 1 amide bonds. The zero-order chi connectivity index (χ0) is 25.8. The number of hydrogen-bond donors (Lipinski definition) is 4. The van der Waals surface area contributed by atoms with Crippen LogP contribution in [0.3, 0.4) is 0 Å². The molecule has 1 saturated carbocycles. The molecule has 2 aliphatic rings. The third-order valence-corrected chi connectivity index (χ3v) is 7.79. The standard InChI is InChI=1S/C27H33BrN6O3/c28-19-7-8-25-21(12-19)23(13-27(37-25)9-4-10-27)30-15-24(35)22(11-18-5-2-1-3-6-18)31-26(36)17-34-16-20(14-29)32-33-34/h1-3,5-8,12,16,22-24,30,35H,4,9-11,13-15,17,29H2,(H,31,36)/t22-,23-,24+/m0/s1. The fourth-order valence-electron chi connectivity index (χ4n) is 5.17. The molecule has 9 nitrogen and oxygen atoms in total. The lowest BCUT2D eigenvalue weighted by molar-refractivity contribution is -0.123. The van der Waals surface area contributed by atoms with Crippen molar-refractivity contribution in [3.8, 4) is 5.75 Å². The van der Waals surface area contributed by atoms with Gasteiger partial charge in [0.25, 0.3) is 0 Å². The quantitative estimate of drug-likeness (QED) is 0.296. The van der Waals surface area contributed by atoms with Crippen LogP contribution in [0.2, 0.25) is 0 Å². The maximum Gasteiger partial charge on any atom is 0.242 e. The van der Waals surface area contributed by atoms with E-state index >= 15 is 0 Å². The fraction of sp³-hybridized carbons (Fsp3) is 0.444. The van der Waals surface area contributed by atoms with Crippen LogP contribution in [0.5, 0.6) is 5.75 Å². The van der Waals surface area contributed by atoms with Gasteiger partial charge in [-0.2, -0.15) is 0 Å². The van der Waals surface area contributed by atoms with E-state index in [1.165, 1.54) is 11.1 Å². The van der Waals surface area contributed by atoms with E-state index in [-0.39, 0.29) is 30.6 Å². The molecule has 1 fully saturated rings. The number of halogens is 1. The maximum absolute atomic E-state index is 12.9. The molecule has 37 heavy (non-hydrogen) atoms. The van der Waals surface area contributed by atoms with Crippen LogP contribution in [0.1, 0.15) is 48.5 Å². The summed E-state index contributed by atoms with van der Waals surface area (Å²) >= 11 is 3.58. The Morgan fingerprint density at radius 1 is 1.27 bits per heavy atom. The molecule has 10 heteroatoms. The number of aliphatic hydroxyl groups excluding tert-OH is 1. The minimum Gasteiger partial charge on any atom is -0.487 e. The van der Waals surface area contributed by atoms with E-state index in [1.807, 2.05) is 42.5 Å². The molecule has 1 aliphatic heterocycles. The molecule has 5 rings (SSSR count). The third-order valence-electron chi connectivity index (χ3n) is 7.30. The van der Waals surface area contributed by atoms with Crippen molar-refractivity contribution in [2.45, 2.75) is 69.0 Å². The van der Waals surface area contributed by atoms with Gasteiger partial charge in [0.15, 0.2) is 0 Å². The van der Waals surface area contributed by atoms with E-state index in [1.54, 1.807) is 6.20 Å². The second-order valence-corrected chi connectivity index (χ2v) is 10.9. The highest BCUT2D eigenvalue weighted by molar-refractivity contribution is 9.10. The molecule has 3 atom stereocenters. The second kappa shape index (κ2) is 11.3. The van der Waals surface area contributed by atoms with Gasteiger partial charge < -0.3 is 26.2 Å². The Morgan fingerprint density at radius 2 is 2.08 bits per heavy atom. The zero-order valence-electron chi connectivity index (χ0n) is 20.6. The number of ether oxygens (including phenoxy) is 1. The van der Waals surface area contributed by atoms with E-state index in [4.69, 9.17) is 10.5 Å². The SMILES string of the molecule is NCc1cn(CC(=O)N[C@@H](Cc2ccccc2)[C@H](O)CN[C@H]2CC3(CCC3)Oc3ccc(Br)cc32)nn1. The molecule has 0 saturated heterocycles. The number of benzene rings is 2. The molecule has 5 N–H and O–H groups in total. The first kappa shape index (κ1) is 25.8. The Hall–Kier alpha value is -2.79. The van der Waals surface area contributed by atoms with Gasteiger partial charge >= 0.3 is 0 Å². The van der Waals surface area contributed by atoms with Crippen molar-refractivity contribution in [2.75, 3.05) is 6.54 Å². The summed E-state index contributed by atoms with van der Waals surface area (Å²) in [6, 6.07) is 15.5. The van der Waals surface area contributed by atoms with Crippen LogP contribution in [-0.4, -0.2) is 50.3 Å². The lowest BCUT2D eigenvalue weighted by Gasteiger charge is -2.48. The largest absolute Gasteiger partial charge is 0.487 e. The molecule has 3 aromatic rings. The van der Waals surface area contributed by atoms with Crippen molar-refractivity contribution in [1.29, 1.82) is 0 Å². The van der Waals surface area contributed by atoms with E-state index in [0.717, 1.165) is 40.6 Å². The molecule has 0 unspecified atom stereocenters. The molecule has 196 valence electrons. The Labute approximate surface area is 224 Å². The number of rotatable bonds is 10. The Morgan fingerprint density at radius 3 is 2.78 bits per heavy atom. The van der Waals surface area contributed by atoms with Crippen LogP contribution in [-0.2, 0) is 24.3 Å². The first-order chi connectivity index (χ1) is 17.9. The molecule has 1 aromatic heterocycles. The predicted molar refractivity (Wildman–Crippen MR) is 143 cm³/mol. The van der Waals surface area contributed by atoms with Crippen LogP contribution in [0, 0.1) is 0 Å². The van der Waals surface area contributed by atoms with Gasteiger partial charge in [-0.25, -0.2) is 4.68 Å². The van der Waals surface area contributed by atoms with Crippen molar-refractivity contribution in [3.63, 3.8) is 0 Å². The predicted octanol–water partition coefficient (Wildman–Crippen LogP) is 2.62.